The smallest absolute Gasteiger partial charge is 0.298 e. The van der Waals surface area contributed by atoms with Gasteiger partial charge in [-0.3, -0.25) is 4.79 Å². The number of rotatable bonds is 4. The molecule has 0 aromatic rings. The summed E-state index contributed by atoms with van der Waals surface area (Å²) in [6.07, 6.45) is 4.33. The molecule has 1 saturated carbocycles. The topological polar surface area (TPSA) is 35.5 Å². The molecule has 1 aliphatic carbocycles. The molecular weight excluding hydrogens is 260 g/mol. The summed E-state index contributed by atoms with van der Waals surface area (Å²) in [6.45, 7) is 12.7. The zero-order valence-electron chi connectivity index (χ0n) is 12.7. The molecule has 0 aromatic carbocycles. The van der Waals surface area contributed by atoms with Gasteiger partial charge in [0.1, 0.15) is 0 Å². The third kappa shape index (κ3) is 5.67. The van der Waals surface area contributed by atoms with Crippen LogP contribution in [0.5, 0.6) is 0 Å². The summed E-state index contributed by atoms with van der Waals surface area (Å²) in [6, 6.07) is 0. The number of hydrogen-bond donors (Lipinski definition) is 0. The molecule has 3 nitrogen and oxygen atoms in total. The van der Waals surface area contributed by atoms with E-state index in [1.54, 1.807) is 0 Å². The van der Waals surface area contributed by atoms with E-state index in [1.807, 2.05) is 0 Å². The highest BCUT2D eigenvalue weighted by atomic mass is 28.4. The number of carbonyl (C=O) groups is 1. The molecule has 0 aliphatic heterocycles. The Morgan fingerprint density at radius 3 is 2.00 bits per heavy atom. The summed E-state index contributed by atoms with van der Waals surface area (Å²) in [5.41, 5.74) is 0. The molecule has 0 N–H and O–H groups in total. The quantitative estimate of drug-likeness (QED) is 0.739. The van der Waals surface area contributed by atoms with Crippen LogP contribution in [0.25, 0.3) is 0 Å². The molecule has 0 aromatic heterocycles. The molecule has 18 heavy (non-hydrogen) atoms. The van der Waals surface area contributed by atoms with Crippen LogP contribution in [0.15, 0.2) is 0 Å². The van der Waals surface area contributed by atoms with Crippen LogP contribution in [0, 0.1) is 5.92 Å². The van der Waals surface area contributed by atoms with Crippen molar-refractivity contribution in [3.8, 4) is 0 Å². The third-order valence-corrected chi connectivity index (χ3v) is 4.74. The summed E-state index contributed by atoms with van der Waals surface area (Å²) in [7, 11) is -3.37. The highest BCUT2D eigenvalue weighted by molar-refractivity contribution is 6.71. The molecule has 0 radical (unpaired) electrons. The van der Waals surface area contributed by atoms with Crippen molar-refractivity contribution in [3.05, 3.63) is 0 Å². The Labute approximate surface area is 114 Å². The van der Waals surface area contributed by atoms with Crippen molar-refractivity contribution in [2.75, 3.05) is 0 Å². The molecule has 0 saturated heterocycles. The van der Waals surface area contributed by atoms with Gasteiger partial charge in [-0.1, -0.05) is 12.8 Å². The van der Waals surface area contributed by atoms with Crippen molar-refractivity contribution >= 4 is 22.6 Å². The van der Waals surface area contributed by atoms with Crippen LogP contribution in [0.2, 0.25) is 39.3 Å². The van der Waals surface area contributed by atoms with Gasteiger partial charge >= 0.3 is 0 Å². The molecule has 2 unspecified atom stereocenters. The molecule has 106 valence electrons. The first-order chi connectivity index (χ1) is 8.08. The van der Waals surface area contributed by atoms with Crippen molar-refractivity contribution < 1.29 is 13.6 Å². The Balaban J connectivity index is 2.67. The van der Waals surface area contributed by atoms with Crippen molar-refractivity contribution in [3.63, 3.8) is 0 Å². The Morgan fingerprint density at radius 1 is 0.944 bits per heavy atom. The largest absolute Gasteiger partial charge is 0.520 e. The normalized spacial score (nSPS) is 25.9. The first kappa shape index (κ1) is 15.9. The maximum absolute atomic E-state index is 12.3. The number of carbonyl (C=O) groups excluding carboxylic acids is 1. The minimum absolute atomic E-state index is 0.0166. The molecule has 1 rings (SSSR count). The van der Waals surface area contributed by atoms with E-state index >= 15 is 0 Å². The minimum Gasteiger partial charge on any atom is -0.520 e. The Morgan fingerprint density at radius 2 is 1.50 bits per heavy atom. The van der Waals surface area contributed by atoms with E-state index in [0.29, 0.717) is 0 Å². The molecule has 0 spiro atoms. The lowest BCUT2D eigenvalue weighted by molar-refractivity contribution is -0.144. The zero-order chi connectivity index (χ0) is 14.0. The molecule has 0 heterocycles. The lowest BCUT2D eigenvalue weighted by Crippen LogP contribution is -2.44. The van der Waals surface area contributed by atoms with Crippen LogP contribution in [0.3, 0.4) is 0 Å². The Bertz CT molecular complexity index is 292. The van der Waals surface area contributed by atoms with Gasteiger partial charge in [-0.05, 0) is 52.1 Å². The van der Waals surface area contributed by atoms with E-state index in [2.05, 4.69) is 39.3 Å². The standard InChI is InChI=1S/C13H28O3Si2/c1-17(2,3)15-12-10-8-7-9-11(12)13(14)16-18(4,5)6/h11-12H,7-10H2,1-6H3. The SMILES string of the molecule is C[Si](C)(C)OC(=O)C1CCCCC1O[Si](C)(C)C. The van der Waals surface area contributed by atoms with Crippen LogP contribution in [-0.2, 0) is 13.6 Å². The summed E-state index contributed by atoms with van der Waals surface area (Å²) >= 11 is 0. The van der Waals surface area contributed by atoms with Crippen LogP contribution >= 0.6 is 0 Å². The first-order valence-electron chi connectivity index (χ1n) is 6.99. The lowest BCUT2D eigenvalue weighted by atomic mass is 9.87. The second-order valence-corrected chi connectivity index (χ2v) is 16.1. The first-order valence-corrected chi connectivity index (χ1v) is 13.8. The van der Waals surface area contributed by atoms with E-state index in [0.717, 1.165) is 19.3 Å². The van der Waals surface area contributed by atoms with Crippen LogP contribution in [0.1, 0.15) is 25.7 Å². The molecule has 0 amide bonds. The highest BCUT2D eigenvalue weighted by Crippen LogP contribution is 2.30. The van der Waals surface area contributed by atoms with Gasteiger partial charge in [0.2, 0.25) is 8.32 Å². The highest BCUT2D eigenvalue weighted by Gasteiger charge is 2.37. The van der Waals surface area contributed by atoms with Gasteiger partial charge < -0.3 is 8.85 Å². The Kier molecular flexibility index (Phi) is 5.20. The maximum atomic E-state index is 12.3. The molecule has 1 fully saturated rings. The van der Waals surface area contributed by atoms with Crippen molar-refractivity contribution in [1.29, 1.82) is 0 Å². The van der Waals surface area contributed by atoms with Gasteiger partial charge in [-0.2, -0.15) is 0 Å². The predicted octanol–water partition coefficient (Wildman–Crippen LogP) is 3.77. The molecular formula is C13H28O3Si2. The van der Waals surface area contributed by atoms with Gasteiger partial charge in [-0.25, -0.2) is 0 Å². The maximum Gasteiger partial charge on any atom is 0.298 e. The van der Waals surface area contributed by atoms with E-state index in [9.17, 15) is 4.79 Å². The van der Waals surface area contributed by atoms with Crippen LogP contribution in [0.4, 0.5) is 0 Å². The fraction of sp³-hybridized carbons (Fsp3) is 0.923. The summed E-state index contributed by atoms with van der Waals surface area (Å²) in [5.74, 6) is -0.0469. The molecule has 5 heteroatoms. The van der Waals surface area contributed by atoms with Crippen molar-refractivity contribution in [2.24, 2.45) is 5.92 Å². The van der Waals surface area contributed by atoms with E-state index in [4.69, 9.17) is 8.85 Å². The average molecular weight is 289 g/mol. The third-order valence-electron chi connectivity index (χ3n) is 2.92. The fourth-order valence-corrected chi connectivity index (χ4v) is 4.28. The average Bonchev–Trinajstić information content (AvgIpc) is 2.12. The molecule has 0 bridgehead atoms. The zero-order valence-corrected chi connectivity index (χ0v) is 14.7. The lowest BCUT2D eigenvalue weighted by Gasteiger charge is -2.35. The fourth-order valence-electron chi connectivity index (χ4n) is 2.34. The summed E-state index contributed by atoms with van der Waals surface area (Å²) in [4.78, 5) is 12.3. The van der Waals surface area contributed by atoms with E-state index in [1.165, 1.54) is 6.42 Å². The Hall–Kier alpha value is -0.136. The van der Waals surface area contributed by atoms with Crippen molar-refractivity contribution in [1.82, 2.24) is 0 Å². The van der Waals surface area contributed by atoms with Crippen molar-refractivity contribution in [2.45, 2.75) is 71.1 Å². The van der Waals surface area contributed by atoms with Gasteiger partial charge in [0.25, 0.3) is 5.97 Å². The number of hydrogen-bond acceptors (Lipinski definition) is 3. The van der Waals surface area contributed by atoms with Crippen LogP contribution in [-0.4, -0.2) is 28.7 Å². The van der Waals surface area contributed by atoms with Gasteiger partial charge in [0.05, 0.1) is 12.0 Å². The van der Waals surface area contributed by atoms with E-state index in [-0.39, 0.29) is 18.0 Å². The minimum atomic E-state index is -1.79. The summed E-state index contributed by atoms with van der Waals surface area (Å²) < 4.78 is 11.8. The predicted molar refractivity (Wildman–Crippen MR) is 79.6 cm³/mol. The molecule has 1 aliphatic rings. The monoisotopic (exact) mass is 288 g/mol. The second-order valence-electron chi connectivity index (χ2n) is 7.19. The summed E-state index contributed by atoms with van der Waals surface area (Å²) in [5, 5.41) is 0. The van der Waals surface area contributed by atoms with Gasteiger partial charge in [-0.15, -0.1) is 0 Å². The second kappa shape index (κ2) is 5.88. The van der Waals surface area contributed by atoms with Gasteiger partial charge in [0, 0.05) is 0 Å². The van der Waals surface area contributed by atoms with Gasteiger partial charge in [0.15, 0.2) is 8.32 Å². The van der Waals surface area contributed by atoms with Crippen LogP contribution < -0.4 is 0 Å². The van der Waals surface area contributed by atoms with E-state index < -0.39 is 16.6 Å². The molecule has 2 atom stereocenters.